The number of hydrogen-bond donors (Lipinski definition) is 0. The number of nitrogens with zero attached hydrogens (tertiary/aromatic N) is 1. The monoisotopic (exact) mass is 329 g/mol. The van der Waals surface area contributed by atoms with Crippen molar-refractivity contribution in [2.45, 2.75) is 13.2 Å². The van der Waals surface area contributed by atoms with Crippen molar-refractivity contribution in [3.05, 3.63) is 63.2 Å². The van der Waals surface area contributed by atoms with Gasteiger partial charge in [-0.2, -0.15) is 8.78 Å². The Morgan fingerprint density at radius 2 is 1.86 bits per heavy atom. The molecule has 0 radical (unpaired) electrons. The summed E-state index contributed by atoms with van der Waals surface area (Å²) in [5.41, 5.74) is 0.399. The number of nitro benzene ring substituents is 1. The molecule has 0 bridgehead atoms. The van der Waals surface area contributed by atoms with E-state index in [4.69, 9.17) is 16.3 Å². The van der Waals surface area contributed by atoms with Crippen LogP contribution in [0, 0.1) is 10.1 Å². The molecular formula is C14H10ClF2NO4. The van der Waals surface area contributed by atoms with Crippen LogP contribution in [-0.2, 0) is 6.61 Å². The number of nitro groups is 1. The zero-order valence-electron chi connectivity index (χ0n) is 11.0. The molecular weight excluding hydrogens is 320 g/mol. The number of alkyl halides is 2. The Balaban J connectivity index is 2.05. The van der Waals surface area contributed by atoms with E-state index in [2.05, 4.69) is 4.74 Å². The van der Waals surface area contributed by atoms with Crippen LogP contribution in [0.4, 0.5) is 14.5 Å². The van der Waals surface area contributed by atoms with Gasteiger partial charge in [-0.3, -0.25) is 10.1 Å². The van der Waals surface area contributed by atoms with E-state index in [0.717, 1.165) is 0 Å². The van der Waals surface area contributed by atoms with Crippen molar-refractivity contribution in [1.82, 2.24) is 0 Å². The topological polar surface area (TPSA) is 61.6 Å². The summed E-state index contributed by atoms with van der Waals surface area (Å²) >= 11 is 5.70. The van der Waals surface area contributed by atoms with Crippen molar-refractivity contribution < 1.29 is 23.2 Å². The Bertz CT molecular complexity index is 664. The van der Waals surface area contributed by atoms with Crippen LogP contribution in [0.1, 0.15) is 5.56 Å². The molecule has 8 heteroatoms. The van der Waals surface area contributed by atoms with Crippen molar-refractivity contribution in [2.24, 2.45) is 0 Å². The summed E-state index contributed by atoms with van der Waals surface area (Å²) < 4.78 is 33.6. The Labute approximate surface area is 129 Å². The van der Waals surface area contributed by atoms with Gasteiger partial charge in [0, 0.05) is 11.1 Å². The number of ether oxygens (including phenoxy) is 2. The highest BCUT2D eigenvalue weighted by molar-refractivity contribution is 6.30. The second kappa shape index (κ2) is 7.04. The molecule has 0 spiro atoms. The van der Waals surface area contributed by atoms with Crippen molar-refractivity contribution in [1.29, 1.82) is 0 Å². The zero-order chi connectivity index (χ0) is 16.1. The van der Waals surface area contributed by atoms with Crippen LogP contribution in [0.15, 0.2) is 42.5 Å². The third-order valence-electron chi connectivity index (χ3n) is 2.66. The van der Waals surface area contributed by atoms with E-state index in [-0.39, 0.29) is 28.8 Å². The minimum atomic E-state index is -2.89. The molecule has 22 heavy (non-hydrogen) atoms. The molecule has 0 saturated heterocycles. The second-order valence-electron chi connectivity index (χ2n) is 4.18. The van der Waals surface area contributed by atoms with Crippen LogP contribution in [0.3, 0.4) is 0 Å². The maximum absolute atomic E-state index is 12.0. The Morgan fingerprint density at radius 1 is 1.18 bits per heavy atom. The standard InChI is InChI=1S/C14H10ClF2NO4/c15-10-3-6-13(12(7-10)18(19)20)21-8-9-1-4-11(5-2-9)22-14(16)17/h1-7,14H,8H2. The molecule has 0 aromatic heterocycles. The van der Waals surface area contributed by atoms with Gasteiger partial charge in [0.15, 0.2) is 5.75 Å². The summed E-state index contributed by atoms with van der Waals surface area (Å²) in [7, 11) is 0. The summed E-state index contributed by atoms with van der Waals surface area (Å²) in [5, 5.41) is 11.1. The Kier molecular flexibility index (Phi) is 5.11. The molecule has 0 aliphatic heterocycles. The molecule has 0 amide bonds. The van der Waals surface area contributed by atoms with Gasteiger partial charge in [-0.05, 0) is 29.8 Å². The minimum absolute atomic E-state index is 0.0243. The lowest BCUT2D eigenvalue weighted by Crippen LogP contribution is -2.02. The lowest BCUT2D eigenvalue weighted by atomic mass is 10.2. The summed E-state index contributed by atoms with van der Waals surface area (Å²) in [4.78, 5) is 10.3. The van der Waals surface area contributed by atoms with E-state index in [1.165, 1.54) is 42.5 Å². The number of halogens is 3. The van der Waals surface area contributed by atoms with Crippen LogP contribution in [0.25, 0.3) is 0 Å². The number of rotatable bonds is 6. The molecule has 0 aliphatic carbocycles. The lowest BCUT2D eigenvalue weighted by molar-refractivity contribution is -0.385. The first-order valence-corrected chi connectivity index (χ1v) is 6.44. The van der Waals surface area contributed by atoms with Crippen molar-refractivity contribution >= 4 is 17.3 Å². The summed E-state index contributed by atoms with van der Waals surface area (Å²) in [5.74, 6) is 0.0959. The zero-order valence-corrected chi connectivity index (χ0v) is 11.8. The van der Waals surface area contributed by atoms with Gasteiger partial charge in [0.25, 0.3) is 0 Å². The molecule has 0 atom stereocenters. The van der Waals surface area contributed by atoms with Crippen LogP contribution in [0.2, 0.25) is 5.02 Å². The minimum Gasteiger partial charge on any atom is -0.482 e. The smallest absolute Gasteiger partial charge is 0.387 e. The second-order valence-corrected chi connectivity index (χ2v) is 4.62. The van der Waals surface area contributed by atoms with Gasteiger partial charge in [0.1, 0.15) is 12.4 Å². The molecule has 5 nitrogen and oxygen atoms in total. The highest BCUT2D eigenvalue weighted by atomic mass is 35.5. The number of benzene rings is 2. The first-order valence-electron chi connectivity index (χ1n) is 6.06. The van der Waals surface area contributed by atoms with E-state index in [0.29, 0.717) is 5.56 Å². The maximum atomic E-state index is 12.0. The molecule has 2 aromatic carbocycles. The predicted octanol–water partition coefficient (Wildman–Crippen LogP) is 4.43. The lowest BCUT2D eigenvalue weighted by Gasteiger charge is -2.08. The van der Waals surface area contributed by atoms with E-state index in [1.54, 1.807) is 0 Å². The first kappa shape index (κ1) is 16.0. The molecule has 116 valence electrons. The van der Waals surface area contributed by atoms with Crippen LogP contribution >= 0.6 is 11.6 Å². The van der Waals surface area contributed by atoms with E-state index in [1.807, 2.05) is 0 Å². The third kappa shape index (κ3) is 4.29. The van der Waals surface area contributed by atoms with Crippen molar-refractivity contribution in [2.75, 3.05) is 0 Å². The Morgan fingerprint density at radius 3 is 2.45 bits per heavy atom. The molecule has 2 rings (SSSR count). The highest BCUT2D eigenvalue weighted by Crippen LogP contribution is 2.30. The molecule has 0 fully saturated rings. The fourth-order valence-corrected chi connectivity index (χ4v) is 1.85. The van der Waals surface area contributed by atoms with E-state index in [9.17, 15) is 18.9 Å². The van der Waals surface area contributed by atoms with E-state index >= 15 is 0 Å². The molecule has 0 unspecified atom stereocenters. The van der Waals surface area contributed by atoms with Gasteiger partial charge < -0.3 is 9.47 Å². The summed E-state index contributed by atoms with van der Waals surface area (Å²) in [6.45, 7) is -2.85. The fourth-order valence-electron chi connectivity index (χ4n) is 1.68. The van der Waals surface area contributed by atoms with Gasteiger partial charge in [-0.15, -0.1) is 0 Å². The van der Waals surface area contributed by atoms with Gasteiger partial charge in [0.05, 0.1) is 4.92 Å². The summed E-state index contributed by atoms with van der Waals surface area (Å²) in [6, 6.07) is 9.84. The van der Waals surface area contributed by atoms with E-state index < -0.39 is 11.5 Å². The van der Waals surface area contributed by atoms with Crippen LogP contribution < -0.4 is 9.47 Å². The SMILES string of the molecule is O=[N+]([O-])c1cc(Cl)ccc1OCc1ccc(OC(F)F)cc1. The molecule has 2 aromatic rings. The summed E-state index contributed by atoms with van der Waals surface area (Å²) in [6.07, 6.45) is 0. The average Bonchev–Trinajstić information content (AvgIpc) is 2.46. The third-order valence-corrected chi connectivity index (χ3v) is 2.90. The van der Waals surface area contributed by atoms with Crippen LogP contribution in [0.5, 0.6) is 11.5 Å². The van der Waals surface area contributed by atoms with Gasteiger partial charge >= 0.3 is 12.3 Å². The quantitative estimate of drug-likeness (QED) is 0.581. The molecule has 0 heterocycles. The van der Waals surface area contributed by atoms with Crippen molar-refractivity contribution in [3.8, 4) is 11.5 Å². The highest BCUT2D eigenvalue weighted by Gasteiger charge is 2.15. The van der Waals surface area contributed by atoms with Gasteiger partial charge in [-0.25, -0.2) is 0 Å². The molecule has 0 aliphatic rings. The maximum Gasteiger partial charge on any atom is 0.387 e. The predicted molar refractivity (Wildman–Crippen MR) is 75.5 cm³/mol. The normalized spacial score (nSPS) is 10.5. The first-order chi connectivity index (χ1) is 10.5. The fraction of sp³-hybridized carbons (Fsp3) is 0.143. The van der Waals surface area contributed by atoms with Gasteiger partial charge in [-0.1, -0.05) is 23.7 Å². The largest absolute Gasteiger partial charge is 0.482 e. The molecule has 0 saturated carbocycles. The number of hydrogen-bond acceptors (Lipinski definition) is 4. The Hall–Kier alpha value is -2.41. The van der Waals surface area contributed by atoms with Crippen molar-refractivity contribution in [3.63, 3.8) is 0 Å². The molecule has 0 N–H and O–H groups in total. The average molecular weight is 330 g/mol. The van der Waals surface area contributed by atoms with Gasteiger partial charge in [0.2, 0.25) is 0 Å². The van der Waals surface area contributed by atoms with Crippen LogP contribution in [-0.4, -0.2) is 11.5 Å².